The second-order valence-electron chi connectivity index (χ2n) is 5.88. The van der Waals surface area contributed by atoms with Gasteiger partial charge in [-0.05, 0) is 35.7 Å². The molecule has 0 aliphatic rings. The van der Waals surface area contributed by atoms with Crippen LogP contribution in [0, 0.1) is 0 Å². The highest BCUT2D eigenvalue weighted by atomic mass is 127. The lowest BCUT2D eigenvalue weighted by molar-refractivity contribution is 0.477. The van der Waals surface area contributed by atoms with Gasteiger partial charge in [-0.2, -0.15) is 0 Å². The molecule has 2 heterocycles. The van der Waals surface area contributed by atoms with Gasteiger partial charge in [0.2, 0.25) is 0 Å². The third kappa shape index (κ3) is 4.88. The Morgan fingerprint density at radius 1 is 1.23 bits per heavy atom. The number of fused-ring (bicyclic) bond motifs is 1. The molecule has 0 aliphatic heterocycles. The Balaban J connectivity index is 0.00000243. The summed E-state index contributed by atoms with van der Waals surface area (Å²) in [6.07, 6.45) is 4.71. The molecule has 7 heteroatoms. The monoisotopic (exact) mass is 483 g/mol. The minimum absolute atomic E-state index is 0. The number of guanidine groups is 1. The zero-order valence-corrected chi connectivity index (χ0v) is 18.0. The van der Waals surface area contributed by atoms with E-state index in [0.29, 0.717) is 6.54 Å². The number of pyridine rings is 1. The van der Waals surface area contributed by atoms with E-state index in [1.165, 1.54) is 10.9 Å². The van der Waals surface area contributed by atoms with Crippen LogP contribution in [-0.2, 0) is 13.0 Å². The molecular weight excluding hydrogens is 461 g/mol. The molecule has 138 valence electrons. The minimum atomic E-state index is 0. The molecule has 0 unspecified atom stereocenters. The Morgan fingerprint density at radius 3 is 2.81 bits per heavy atom. The molecule has 3 rings (SSSR count). The summed E-state index contributed by atoms with van der Waals surface area (Å²) in [5.74, 6) is 0.845. The number of nitrogens with one attached hydrogen (secondary N) is 2. The van der Waals surface area contributed by atoms with Crippen molar-refractivity contribution < 1.29 is 0 Å². The lowest BCUT2D eigenvalue weighted by Crippen LogP contribution is -2.39. The lowest BCUT2D eigenvalue weighted by atomic mass is 10.1. The fraction of sp³-hybridized carbons (Fsp3) is 0.263. The maximum atomic E-state index is 6.25. The third-order valence-corrected chi connectivity index (χ3v) is 4.52. The van der Waals surface area contributed by atoms with Gasteiger partial charge < -0.3 is 15.2 Å². The smallest absolute Gasteiger partial charge is 0.193 e. The van der Waals surface area contributed by atoms with Crippen molar-refractivity contribution in [1.29, 1.82) is 0 Å². The predicted molar refractivity (Wildman–Crippen MR) is 119 cm³/mol. The minimum Gasteiger partial charge on any atom is -0.356 e. The Bertz CT molecular complexity index is 877. The summed E-state index contributed by atoms with van der Waals surface area (Å²) in [7, 11) is 3.80. The molecule has 0 saturated carbocycles. The average molecular weight is 484 g/mol. The normalized spacial score (nSPS) is 11.3. The first-order valence-electron chi connectivity index (χ1n) is 8.25. The van der Waals surface area contributed by atoms with E-state index >= 15 is 0 Å². The first kappa shape index (κ1) is 20.5. The average Bonchev–Trinajstić information content (AvgIpc) is 3.04. The highest BCUT2D eigenvalue weighted by Crippen LogP contribution is 2.17. The number of benzene rings is 1. The molecule has 0 radical (unpaired) electrons. The van der Waals surface area contributed by atoms with Gasteiger partial charge in [0.1, 0.15) is 5.65 Å². The molecule has 0 bridgehead atoms. The Labute approximate surface area is 175 Å². The summed E-state index contributed by atoms with van der Waals surface area (Å²) >= 11 is 6.25. The first-order valence-corrected chi connectivity index (χ1v) is 8.63. The van der Waals surface area contributed by atoms with E-state index in [2.05, 4.69) is 31.2 Å². The summed E-state index contributed by atoms with van der Waals surface area (Å²) in [6, 6.07) is 11.9. The summed E-state index contributed by atoms with van der Waals surface area (Å²) in [5.41, 5.74) is 3.26. The lowest BCUT2D eigenvalue weighted by Gasteiger charge is -2.22. The van der Waals surface area contributed by atoms with E-state index in [9.17, 15) is 0 Å². The highest BCUT2D eigenvalue weighted by molar-refractivity contribution is 14.0. The largest absolute Gasteiger partial charge is 0.356 e. The molecule has 1 aromatic carbocycles. The molecule has 3 aromatic rings. The van der Waals surface area contributed by atoms with Crippen molar-refractivity contribution in [2.45, 2.75) is 13.0 Å². The van der Waals surface area contributed by atoms with Gasteiger partial charge in [0, 0.05) is 50.0 Å². The van der Waals surface area contributed by atoms with Gasteiger partial charge in [0.25, 0.3) is 0 Å². The maximum Gasteiger partial charge on any atom is 0.193 e. The van der Waals surface area contributed by atoms with Gasteiger partial charge in [-0.15, -0.1) is 24.0 Å². The van der Waals surface area contributed by atoms with Gasteiger partial charge in [0.05, 0.1) is 0 Å². The van der Waals surface area contributed by atoms with Crippen molar-refractivity contribution in [3.8, 4) is 0 Å². The van der Waals surface area contributed by atoms with Crippen LogP contribution in [0.15, 0.2) is 53.8 Å². The fourth-order valence-corrected chi connectivity index (χ4v) is 3.07. The Hall–Kier alpha value is -1.80. The number of aromatic amines is 1. The molecular formula is C19H23ClIN5. The number of hydrogen-bond donors (Lipinski definition) is 2. The van der Waals surface area contributed by atoms with Crippen molar-refractivity contribution >= 4 is 52.6 Å². The zero-order valence-electron chi connectivity index (χ0n) is 14.9. The van der Waals surface area contributed by atoms with Crippen molar-refractivity contribution in [2.24, 2.45) is 4.99 Å². The van der Waals surface area contributed by atoms with Crippen molar-refractivity contribution in [2.75, 3.05) is 20.6 Å². The van der Waals surface area contributed by atoms with E-state index in [4.69, 9.17) is 11.6 Å². The van der Waals surface area contributed by atoms with E-state index in [0.717, 1.165) is 35.2 Å². The number of aliphatic imine (C=N–C) groups is 1. The number of halogens is 2. The van der Waals surface area contributed by atoms with E-state index in [1.807, 2.05) is 43.6 Å². The van der Waals surface area contributed by atoms with Gasteiger partial charge in [0.15, 0.2) is 5.96 Å². The zero-order chi connectivity index (χ0) is 17.6. The number of aromatic nitrogens is 2. The van der Waals surface area contributed by atoms with E-state index in [1.54, 1.807) is 13.2 Å². The molecule has 0 atom stereocenters. The molecule has 5 nitrogen and oxygen atoms in total. The molecule has 26 heavy (non-hydrogen) atoms. The standard InChI is InChI=1S/C19H22ClN5.HI/c1-21-19(25(2)13-15-6-3-4-8-17(15)20)23-11-9-14-12-24-18-16(14)7-5-10-22-18;/h3-8,10,12H,9,11,13H2,1-2H3,(H,21,23)(H,22,24);1H. The second-order valence-corrected chi connectivity index (χ2v) is 6.29. The van der Waals surface area contributed by atoms with Crippen LogP contribution in [0.5, 0.6) is 0 Å². The number of nitrogens with zero attached hydrogens (tertiary/aromatic N) is 3. The summed E-state index contributed by atoms with van der Waals surface area (Å²) in [4.78, 5) is 14.0. The fourth-order valence-electron chi connectivity index (χ4n) is 2.87. The number of hydrogen-bond acceptors (Lipinski definition) is 2. The Morgan fingerprint density at radius 2 is 2.04 bits per heavy atom. The van der Waals surface area contributed by atoms with Crippen LogP contribution in [0.25, 0.3) is 11.0 Å². The van der Waals surface area contributed by atoms with Gasteiger partial charge in [-0.3, -0.25) is 4.99 Å². The van der Waals surface area contributed by atoms with Crippen LogP contribution < -0.4 is 5.32 Å². The highest BCUT2D eigenvalue weighted by Gasteiger charge is 2.09. The van der Waals surface area contributed by atoms with Crippen LogP contribution in [-0.4, -0.2) is 41.5 Å². The van der Waals surface area contributed by atoms with Gasteiger partial charge in [-0.1, -0.05) is 29.8 Å². The summed E-state index contributed by atoms with van der Waals surface area (Å²) < 4.78 is 0. The molecule has 0 fully saturated rings. The summed E-state index contributed by atoms with van der Waals surface area (Å²) in [6.45, 7) is 1.50. The van der Waals surface area contributed by atoms with Crippen molar-refractivity contribution in [3.05, 3.63) is 64.9 Å². The Kier molecular flexibility index (Phi) is 7.71. The van der Waals surface area contributed by atoms with Crippen LogP contribution in [0.1, 0.15) is 11.1 Å². The van der Waals surface area contributed by atoms with Crippen LogP contribution in [0.4, 0.5) is 0 Å². The quantitative estimate of drug-likeness (QED) is 0.327. The molecule has 0 spiro atoms. The van der Waals surface area contributed by atoms with Crippen molar-refractivity contribution in [1.82, 2.24) is 20.2 Å². The molecule has 0 saturated heterocycles. The maximum absolute atomic E-state index is 6.25. The van der Waals surface area contributed by atoms with Crippen LogP contribution in [0.2, 0.25) is 5.02 Å². The first-order chi connectivity index (χ1) is 12.2. The number of H-pyrrole nitrogens is 1. The molecule has 0 aliphatic carbocycles. The third-order valence-electron chi connectivity index (χ3n) is 4.15. The predicted octanol–water partition coefficient (Wildman–Crippen LogP) is 4.08. The molecule has 0 amide bonds. The van der Waals surface area contributed by atoms with Crippen LogP contribution in [0.3, 0.4) is 0 Å². The van der Waals surface area contributed by atoms with Crippen LogP contribution >= 0.6 is 35.6 Å². The van der Waals surface area contributed by atoms with Gasteiger partial charge in [-0.25, -0.2) is 4.98 Å². The SMILES string of the molecule is CN=C(NCCc1c[nH]c2ncccc12)N(C)Cc1ccccc1Cl.I. The van der Waals surface area contributed by atoms with E-state index in [-0.39, 0.29) is 24.0 Å². The number of rotatable bonds is 5. The topological polar surface area (TPSA) is 56.3 Å². The summed E-state index contributed by atoms with van der Waals surface area (Å²) in [5, 5.41) is 5.35. The van der Waals surface area contributed by atoms with Crippen molar-refractivity contribution in [3.63, 3.8) is 0 Å². The van der Waals surface area contributed by atoms with Gasteiger partial charge >= 0.3 is 0 Å². The molecule has 2 N–H and O–H groups in total. The second kappa shape index (κ2) is 9.78. The molecule has 2 aromatic heterocycles. The van der Waals surface area contributed by atoms with E-state index < -0.39 is 0 Å².